The molecule has 0 spiro atoms. The van der Waals surface area contributed by atoms with Crippen LogP contribution >= 0.6 is 0 Å². The van der Waals surface area contributed by atoms with Crippen LogP contribution in [-0.4, -0.2) is 6.21 Å². The first kappa shape index (κ1) is 13.9. The van der Waals surface area contributed by atoms with E-state index in [0.717, 1.165) is 0 Å². The maximum Gasteiger partial charge on any atom is 0.0270 e. The number of aliphatic imine (C=N–C) groups is 1. The van der Waals surface area contributed by atoms with Crippen LogP contribution in [0.15, 0.2) is 42.1 Å². The molecule has 0 N–H and O–H groups in total. The van der Waals surface area contributed by atoms with Gasteiger partial charge in [-0.3, -0.25) is 4.99 Å². The van der Waals surface area contributed by atoms with Gasteiger partial charge in [-0.05, 0) is 30.4 Å². The molecule has 0 amide bonds. The van der Waals surface area contributed by atoms with Gasteiger partial charge in [0.2, 0.25) is 0 Å². The minimum Gasteiger partial charge on any atom is -0.265 e. The molecule has 0 aliphatic rings. The third kappa shape index (κ3) is 6.05. The third-order valence-corrected chi connectivity index (χ3v) is 2.44. The monoisotopic (exact) mass is 205 g/mol. The molecule has 0 saturated carbocycles. The summed E-state index contributed by atoms with van der Waals surface area (Å²) < 4.78 is 0. The molecule has 0 rings (SSSR count). The smallest absolute Gasteiger partial charge is 0.0270 e. The largest absolute Gasteiger partial charge is 0.265 e. The fourth-order valence-electron chi connectivity index (χ4n) is 1.74. The SMILES string of the molecule is C=CN=C/C=C(\C=C)C(CCC)CCC. The van der Waals surface area contributed by atoms with Gasteiger partial charge in [-0.25, -0.2) is 0 Å². The van der Waals surface area contributed by atoms with Crippen LogP contribution in [0.5, 0.6) is 0 Å². The zero-order chi connectivity index (χ0) is 11.5. The minimum absolute atomic E-state index is 0.633. The van der Waals surface area contributed by atoms with Crippen LogP contribution in [-0.2, 0) is 0 Å². The highest BCUT2D eigenvalue weighted by Crippen LogP contribution is 2.22. The summed E-state index contributed by atoms with van der Waals surface area (Å²) in [5, 5.41) is 0. The number of hydrogen-bond acceptors (Lipinski definition) is 1. The van der Waals surface area contributed by atoms with E-state index in [0.29, 0.717) is 5.92 Å². The van der Waals surface area contributed by atoms with Crippen LogP contribution < -0.4 is 0 Å². The van der Waals surface area contributed by atoms with Crippen molar-refractivity contribution in [2.24, 2.45) is 10.9 Å². The standard InChI is InChI=1S/C14H23N/c1-5-9-14(10-6-2)13(7-3)11-12-15-8-4/h7-8,11-12,14H,3-6,9-10H2,1-2H3/b13-11+,15-12?. The molecule has 0 aliphatic heterocycles. The van der Waals surface area contributed by atoms with Crippen molar-refractivity contribution in [3.63, 3.8) is 0 Å². The average molecular weight is 205 g/mol. The summed E-state index contributed by atoms with van der Waals surface area (Å²) in [5.74, 6) is 0.633. The van der Waals surface area contributed by atoms with Crippen LogP contribution in [0.25, 0.3) is 0 Å². The molecular formula is C14H23N. The van der Waals surface area contributed by atoms with E-state index in [-0.39, 0.29) is 0 Å². The molecule has 0 atom stereocenters. The van der Waals surface area contributed by atoms with Crippen LogP contribution in [0.4, 0.5) is 0 Å². The Labute approximate surface area is 94.3 Å². The first-order valence-electron chi connectivity index (χ1n) is 5.76. The van der Waals surface area contributed by atoms with Gasteiger partial charge in [0.05, 0.1) is 0 Å². The molecule has 0 heterocycles. The number of nitrogens with zero attached hydrogens (tertiary/aromatic N) is 1. The number of rotatable bonds is 8. The van der Waals surface area contributed by atoms with E-state index < -0.39 is 0 Å². The highest BCUT2D eigenvalue weighted by molar-refractivity contribution is 5.73. The predicted molar refractivity (Wildman–Crippen MR) is 70.3 cm³/mol. The van der Waals surface area contributed by atoms with E-state index in [1.54, 1.807) is 12.4 Å². The second-order valence-corrected chi connectivity index (χ2v) is 3.63. The first-order valence-corrected chi connectivity index (χ1v) is 5.76. The van der Waals surface area contributed by atoms with Crippen molar-refractivity contribution in [1.82, 2.24) is 0 Å². The molecule has 15 heavy (non-hydrogen) atoms. The van der Waals surface area contributed by atoms with Crippen molar-refractivity contribution in [3.05, 3.63) is 37.1 Å². The van der Waals surface area contributed by atoms with Crippen molar-refractivity contribution in [2.45, 2.75) is 39.5 Å². The van der Waals surface area contributed by atoms with Crippen molar-refractivity contribution in [1.29, 1.82) is 0 Å². The molecule has 0 fully saturated rings. The van der Waals surface area contributed by atoms with Crippen molar-refractivity contribution in [2.75, 3.05) is 0 Å². The van der Waals surface area contributed by atoms with E-state index in [1.807, 2.05) is 12.2 Å². The van der Waals surface area contributed by atoms with Gasteiger partial charge in [-0.15, -0.1) is 0 Å². The Hall–Kier alpha value is -1.11. The summed E-state index contributed by atoms with van der Waals surface area (Å²) >= 11 is 0. The normalized spacial score (nSPS) is 12.3. The Balaban J connectivity index is 4.55. The third-order valence-electron chi connectivity index (χ3n) is 2.44. The zero-order valence-electron chi connectivity index (χ0n) is 10.1. The lowest BCUT2D eigenvalue weighted by Crippen LogP contribution is -2.02. The van der Waals surface area contributed by atoms with E-state index in [9.17, 15) is 0 Å². The van der Waals surface area contributed by atoms with E-state index >= 15 is 0 Å². The summed E-state index contributed by atoms with van der Waals surface area (Å²) in [4.78, 5) is 3.98. The van der Waals surface area contributed by atoms with Crippen molar-refractivity contribution < 1.29 is 0 Å². The van der Waals surface area contributed by atoms with Crippen LogP contribution in [0.2, 0.25) is 0 Å². The summed E-state index contributed by atoms with van der Waals surface area (Å²) in [6.45, 7) is 11.9. The molecule has 0 bridgehead atoms. The van der Waals surface area contributed by atoms with Gasteiger partial charge >= 0.3 is 0 Å². The quantitative estimate of drug-likeness (QED) is 0.408. The lowest BCUT2D eigenvalue weighted by Gasteiger charge is -2.15. The van der Waals surface area contributed by atoms with Gasteiger partial charge in [-0.2, -0.15) is 0 Å². The first-order chi connectivity index (χ1) is 7.29. The second-order valence-electron chi connectivity index (χ2n) is 3.63. The zero-order valence-corrected chi connectivity index (χ0v) is 10.1. The summed E-state index contributed by atoms with van der Waals surface area (Å²) in [5.41, 5.74) is 1.30. The fourth-order valence-corrected chi connectivity index (χ4v) is 1.74. The number of allylic oxidation sites excluding steroid dienone is 3. The molecule has 0 saturated heterocycles. The van der Waals surface area contributed by atoms with Crippen LogP contribution in [0.1, 0.15) is 39.5 Å². The second kappa shape index (κ2) is 9.45. The van der Waals surface area contributed by atoms with Crippen molar-refractivity contribution >= 4 is 6.21 Å². The molecule has 0 radical (unpaired) electrons. The van der Waals surface area contributed by atoms with Gasteiger partial charge in [-0.1, -0.05) is 45.9 Å². The Kier molecular flexibility index (Phi) is 8.75. The number of hydrogen-bond donors (Lipinski definition) is 0. The summed E-state index contributed by atoms with van der Waals surface area (Å²) in [7, 11) is 0. The van der Waals surface area contributed by atoms with E-state index in [2.05, 4.69) is 32.0 Å². The van der Waals surface area contributed by atoms with E-state index in [4.69, 9.17) is 0 Å². The van der Waals surface area contributed by atoms with Gasteiger partial charge in [0, 0.05) is 12.4 Å². The van der Waals surface area contributed by atoms with Gasteiger partial charge in [0.25, 0.3) is 0 Å². The van der Waals surface area contributed by atoms with E-state index in [1.165, 1.54) is 31.3 Å². The molecule has 0 aromatic rings. The molecule has 1 nitrogen and oxygen atoms in total. The van der Waals surface area contributed by atoms with Crippen LogP contribution in [0.3, 0.4) is 0 Å². The van der Waals surface area contributed by atoms with Gasteiger partial charge in [0.1, 0.15) is 0 Å². The highest BCUT2D eigenvalue weighted by atomic mass is 14.6. The van der Waals surface area contributed by atoms with Gasteiger partial charge in [0.15, 0.2) is 0 Å². The minimum atomic E-state index is 0.633. The Bertz CT molecular complexity index is 230. The molecule has 1 heteroatoms. The summed E-state index contributed by atoms with van der Waals surface area (Å²) in [6, 6.07) is 0. The molecule has 0 aromatic heterocycles. The summed E-state index contributed by atoms with van der Waals surface area (Å²) in [6.07, 6.45) is 12.2. The highest BCUT2D eigenvalue weighted by Gasteiger charge is 2.08. The molecule has 0 aromatic carbocycles. The predicted octanol–water partition coefficient (Wildman–Crippen LogP) is 4.53. The van der Waals surface area contributed by atoms with Crippen molar-refractivity contribution in [3.8, 4) is 0 Å². The Morgan fingerprint density at radius 1 is 1.20 bits per heavy atom. The topological polar surface area (TPSA) is 12.4 Å². The average Bonchev–Trinajstić information content (AvgIpc) is 2.24. The maximum atomic E-state index is 3.98. The molecule has 84 valence electrons. The van der Waals surface area contributed by atoms with Crippen LogP contribution in [0, 0.1) is 5.92 Å². The fraction of sp³-hybridized carbons (Fsp3) is 0.500. The van der Waals surface area contributed by atoms with Gasteiger partial charge < -0.3 is 0 Å². The lowest BCUT2D eigenvalue weighted by molar-refractivity contribution is 0.513. The Morgan fingerprint density at radius 3 is 2.20 bits per heavy atom. The lowest BCUT2D eigenvalue weighted by atomic mass is 9.90. The molecule has 0 aliphatic carbocycles. The Morgan fingerprint density at radius 2 is 1.80 bits per heavy atom. The molecular weight excluding hydrogens is 182 g/mol. The maximum absolute atomic E-state index is 3.98. The molecule has 0 unspecified atom stereocenters.